The van der Waals surface area contributed by atoms with E-state index in [1.807, 2.05) is 24.6 Å². The highest BCUT2D eigenvalue weighted by molar-refractivity contribution is 5.77. The van der Waals surface area contributed by atoms with Crippen molar-refractivity contribution >= 4 is 11.8 Å². The molecule has 3 heterocycles. The summed E-state index contributed by atoms with van der Waals surface area (Å²) in [5, 5.41) is 17.9. The van der Waals surface area contributed by atoms with Crippen molar-refractivity contribution in [3.63, 3.8) is 0 Å². The van der Waals surface area contributed by atoms with Crippen LogP contribution in [0.25, 0.3) is 0 Å². The number of aryl methyl sites for hydroxylation is 3. The Morgan fingerprint density at radius 1 is 1.43 bits per heavy atom. The zero-order valence-corrected chi connectivity index (χ0v) is 13.2. The second-order valence-corrected chi connectivity index (χ2v) is 5.59. The molecule has 9 heteroatoms. The summed E-state index contributed by atoms with van der Waals surface area (Å²) in [6.07, 6.45) is 0.349. The fraction of sp³-hybridized carbons (Fsp3) is 0.500. The number of nitrogens with zero attached hydrogens (tertiary/aromatic N) is 5. The third kappa shape index (κ3) is 3.38. The number of hydrogen-bond donors (Lipinski definition) is 2. The van der Waals surface area contributed by atoms with E-state index in [0.29, 0.717) is 31.7 Å². The van der Waals surface area contributed by atoms with Crippen LogP contribution in [0.4, 0.5) is 0 Å². The number of fused-ring (bicyclic) bond motifs is 1. The first-order chi connectivity index (χ1) is 11.0. The summed E-state index contributed by atoms with van der Waals surface area (Å²) in [6, 6.07) is 1.98. The molecule has 0 aromatic carbocycles. The van der Waals surface area contributed by atoms with Gasteiger partial charge >= 0.3 is 0 Å². The molecule has 2 amide bonds. The van der Waals surface area contributed by atoms with Crippen molar-refractivity contribution in [2.45, 2.75) is 46.4 Å². The highest BCUT2D eigenvalue weighted by Crippen LogP contribution is 2.09. The molecule has 0 radical (unpaired) electrons. The van der Waals surface area contributed by atoms with Gasteiger partial charge in [0, 0.05) is 18.7 Å². The van der Waals surface area contributed by atoms with Crippen LogP contribution in [0.5, 0.6) is 0 Å². The molecular weight excluding hydrogens is 298 g/mol. The number of hydrogen-bond acceptors (Lipinski definition) is 5. The summed E-state index contributed by atoms with van der Waals surface area (Å²) in [4.78, 5) is 23.2. The summed E-state index contributed by atoms with van der Waals surface area (Å²) < 4.78 is 3.39. The first-order valence-electron chi connectivity index (χ1n) is 7.48. The first-order valence-corrected chi connectivity index (χ1v) is 7.48. The quantitative estimate of drug-likeness (QED) is 0.768. The van der Waals surface area contributed by atoms with E-state index < -0.39 is 0 Å². The van der Waals surface area contributed by atoms with Gasteiger partial charge in [0.25, 0.3) is 0 Å². The third-order valence-corrected chi connectivity index (χ3v) is 3.77. The fourth-order valence-corrected chi connectivity index (χ4v) is 2.58. The van der Waals surface area contributed by atoms with E-state index in [0.717, 1.165) is 17.1 Å². The van der Waals surface area contributed by atoms with E-state index in [1.54, 1.807) is 4.68 Å². The smallest absolute Gasteiger partial charge is 0.242 e. The minimum Gasteiger partial charge on any atom is -0.350 e. The maximum atomic E-state index is 12.0. The summed E-state index contributed by atoms with van der Waals surface area (Å²) >= 11 is 0. The van der Waals surface area contributed by atoms with Crippen molar-refractivity contribution < 1.29 is 9.59 Å². The summed E-state index contributed by atoms with van der Waals surface area (Å²) in [5.41, 5.74) is 3.51. The Morgan fingerprint density at radius 3 is 3.00 bits per heavy atom. The van der Waals surface area contributed by atoms with Gasteiger partial charge < -0.3 is 10.6 Å². The lowest BCUT2D eigenvalue weighted by Crippen LogP contribution is -2.35. The highest BCUT2D eigenvalue weighted by atomic mass is 16.2. The predicted octanol–water partition coefficient (Wildman–Crippen LogP) is -0.572. The van der Waals surface area contributed by atoms with Gasteiger partial charge in [-0.3, -0.25) is 14.3 Å². The topological polar surface area (TPSA) is 107 Å². The molecule has 0 atom stereocenters. The number of nitrogens with one attached hydrogen (secondary N) is 2. The van der Waals surface area contributed by atoms with Crippen LogP contribution < -0.4 is 10.6 Å². The molecule has 0 saturated heterocycles. The predicted molar refractivity (Wildman–Crippen MR) is 80.0 cm³/mol. The van der Waals surface area contributed by atoms with Crippen LogP contribution in [-0.2, 0) is 35.8 Å². The van der Waals surface area contributed by atoms with Gasteiger partial charge in [0.2, 0.25) is 11.8 Å². The summed E-state index contributed by atoms with van der Waals surface area (Å²) in [5.74, 6) is -0.151. The summed E-state index contributed by atoms with van der Waals surface area (Å²) in [6.45, 7) is 5.31. The van der Waals surface area contributed by atoms with Gasteiger partial charge in [-0.15, -0.1) is 5.10 Å². The second kappa shape index (κ2) is 6.19. The molecule has 9 nitrogen and oxygen atoms in total. The minimum absolute atomic E-state index is 0.0702. The van der Waals surface area contributed by atoms with E-state index in [9.17, 15) is 9.59 Å². The Hall–Kier alpha value is -2.71. The third-order valence-electron chi connectivity index (χ3n) is 3.77. The van der Waals surface area contributed by atoms with Crippen LogP contribution in [0.3, 0.4) is 0 Å². The monoisotopic (exact) mass is 317 g/mol. The van der Waals surface area contributed by atoms with Crippen molar-refractivity contribution in [2.24, 2.45) is 0 Å². The second-order valence-electron chi connectivity index (χ2n) is 5.59. The van der Waals surface area contributed by atoms with Crippen LogP contribution >= 0.6 is 0 Å². The maximum Gasteiger partial charge on any atom is 0.242 e. The molecule has 23 heavy (non-hydrogen) atoms. The van der Waals surface area contributed by atoms with Gasteiger partial charge in [0.15, 0.2) is 0 Å². The average molecular weight is 317 g/mol. The van der Waals surface area contributed by atoms with E-state index in [1.165, 1.54) is 0 Å². The van der Waals surface area contributed by atoms with Crippen LogP contribution in [-0.4, -0.2) is 36.6 Å². The first kappa shape index (κ1) is 15.2. The van der Waals surface area contributed by atoms with Crippen molar-refractivity contribution in [3.8, 4) is 0 Å². The normalized spacial score (nSPS) is 13.6. The molecule has 2 aromatic heterocycles. The molecule has 1 aliphatic rings. The fourth-order valence-electron chi connectivity index (χ4n) is 2.58. The highest BCUT2D eigenvalue weighted by Gasteiger charge is 2.20. The molecule has 0 fully saturated rings. The Kier molecular flexibility index (Phi) is 4.09. The van der Waals surface area contributed by atoms with Crippen LogP contribution in [0, 0.1) is 13.8 Å². The van der Waals surface area contributed by atoms with Crippen molar-refractivity contribution in [1.82, 2.24) is 35.4 Å². The number of rotatable bonds is 5. The molecule has 0 saturated carbocycles. The molecule has 2 N–H and O–H groups in total. The molecule has 122 valence electrons. The largest absolute Gasteiger partial charge is 0.350 e. The number of carbonyl (C=O) groups excluding carboxylic acids is 2. The van der Waals surface area contributed by atoms with E-state index in [-0.39, 0.29) is 18.4 Å². The van der Waals surface area contributed by atoms with Crippen molar-refractivity contribution in [2.75, 3.05) is 0 Å². The molecular formula is C14H19N7O2. The number of aromatic nitrogens is 5. The Balaban J connectivity index is 1.52. The Morgan fingerprint density at radius 2 is 2.26 bits per heavy atom. The molecule has 0 bridgehead atoms. The molecule has 1 aliphatic heterocycles. The van der Waals surface area contributed by atoms with Gasteiger partial charge in [0.1, 0.15) is 12.2 Å². The Labute approximate surface area is 133 Å². The lowest BCUT2D eigenvalue weighted by molar-refractivity contribution is -0.123. The maximum absolute atomic E-state index is 12.0. The van der Waals surface area contributed by atoms with Crippen LogP contribution in [0.15, 0.2) is 6.07 Å². The van der Waals surface area contributed by atoms with Gasteiger partial charge in [-0.2, -0.15) is 5.10 Å². The van der Waals surface area contributed by atoms with Gasteiger partial charge in [-0.1, -0.05) is 5.21 Å². The lowest BCUT2D eigenvalue weighted by Gasteiger charge is -2.14. The van der Waals surface area contributed by atoms with Crippen molar-refractivity contribution in [1.29, 1.82) is 0 Å². The molecule has 2 aromatic rings. The molecule has 0 aliphatic carbocycles. The number of amides is 2. The zero-order chi connectivity index (χ0) is 16.4. The molecule has 0 unspecified atom stereocenters. The van der Waals surface area contributed by atoms with Crippen molar-refractivity contribution in [3.05, 3.63) is 28.8 Å². The minimum atomic E-state index is -0.0807. The Bertz CT molecular complexity index is 746. The SMILES string of the molecule is Cc1cc(C)n(CCC(=O)NCc2nnn3c2CNC(=O)C3)n1. The van der Waals surface area contributed by atoms with Gasteiger partial charge in [-0.05, 0) is 19.9 Å². The van der Waals surface area contributed by atoms with Crippen LogP contribution in [0.1, 0.15) is 29.2 Å². The van der Waals surface area contributed by atoms with Crippen LogP contribution in [0.2, 0.25) is 0 Å². The average Bonchev–Trinajstić information content (AvgIpc) is 3.05. The van der Waals surface area contributed by atoms with E-state index in [4.69, 9.17) is 0 Å². The van der Waals surface area contributed by atoms with Gasteiger partial charge in [-0.25, -0.2) is 4.68 Å². The molecule has 0 spiro atoms. The number of carbonyl (C=O) groups is 2. The standard InChI is InChI=1S/C14H19N7O2/c1-9-5-10(2)20(18-9)4-3-13(22)15-6-11-12-7-16-14(23)8-21(12)19-17-11/h5H,3-4,6-8H2,1-2H3,(H,15,22)(H,16,23). The zero-order valence-electron chi connectivity index (χ0n) is 13.2. The molecule has 3 rings (SSSR count). The lowest BCUT2D eigenvalue weighted by atomic mass is 10.2. The van der Waals surface area contributed by atoms with Gasteiger partial charge in [0.05, 0.1) is 24.5 Å². The van der Waals surface area contributed by atoms with E-state index >= 15 is 0 Å². The van der Waals surface area contributed by atoms with E-state index in [2.05, 4.69) is 26.0 Å². The summed E-state index contributed by atoms with van der Waals surface area (Å²) in [7, 11) is 0.